The van der Waals surface area contributed by atoms with Crippen LogP contribution in [0.3, 0.4) is 0 Å². The number of hydrogen-bond donors (Lipinski definition) is 0. The van der Waals surface area contributed by atoms with E-state index in [1.54, 1.807) is 0 Å². The van der Waals surface area contributed by atoms with Gasteiger partial charge in [0.25, 0.3) is 11.6 Å². The second kappa shape index (κ2) is 9.44. The molecule has 1 amide bonds. The van der Waals surface area contributed by atoms with Gasteiger partial charge >= 0.3 is 0 Å². The van der Waals surface area contributed by atoms with Crippen LogP contribution in [0.2, 0.25) is 0 Å². The number of non-ortho nitro benzene ring substituents is 1. The predicted molar refractivity (Wildman–Crippen MR) is 110 cm³/mol. The van der Waals surface area contributed by atoms with Crippen molar-refractivity contribution in [3.63, 3.8) is 0 Å². The molecule has 0 atom stereocenters. The van der Waals surface area contributed by atoms with Gasteiger partial charge in [0.2, 0.25) is 0 Å². The third-order valence-electron chi connectivity index (χ3n) is 4.15. The highest BCUT2D eigenvalue weighted by atomic mass is 32.1. The number of hydrogen-bond acceptors (Lipinski definition) is 6. The van der Waals surface area contributed by atoms with Gasteiger partial charge in [0.1, 0.15) is 5.75 Å². The molecule has 0 unspecified atom stereocenters. The molecular formula is C20H21N3O5S. The van der Waals surface area contributed by atoms with Crippen LogP contribution in [0.1, 0.15) is 24.2 Å². The summed E-state index contributed by atoms with van der Waals surface area (Å²) in [6.07, 6.45) is 0. The first-order valence-electron chi connectivity index (χ1n) is 9.21. The molecule has 0 aliphatic rings. The number of thiazole rings is 1. The van der Waals surface area contributed by atoms with Crippen LogP contribution in [0.4, 0.5) is 5.69 Å². The molecule has 0 saturated heterocycles. The number of carbonyl (C=O) groups excluding carboxylic acids is 1. The summed E-state index contributed by atoms with van der Waals surface area (Å²) in [5, 5.41) is 10.8. The Morgan fingerprint density at radius 3 is 2.59 bits per heavy atom. The van der Waals surface area contributed by atoms with E-state index in [1.807, 2.05) is 36.6 Å². The maximum atomic E-state index is 12.6. The molecule has 152 valence electrons. The van der Waals surface area contributed by atoms with Crippen molar-refractivity contribution in [2.24, 2.45) is 4.99 Å². The van der Waals surface area contributed by atoms with Crippen molar-refractivity contribution in [2.75, 3.05) is 19.8 Å². The number of fused-ring (bicyclic) bond motifs is 1. The van der Waals surface area contributed by atoms with Crippen molar-refractivity contribution >= 4 is 33.1 Å². The van der Waals surface area contributed by atoms with Crippen molar-refractivity contribution in [1.82, 2.24) is 4.57 Å². The van der Waals surface area contributed by atoms with Crippen molar-refractivity contribution in [2.45, 2.75) is 20.4 Å². The third-order valence-corrected chi connectivity index (χ3v) is 5.19. The summed E-state index contributed by atoms with van der Waals surface area (Å²) in [4.78, 5) is 27.7. The molecule has 8 nitrogen and oxygen atoms in total. The quantitative estimate of drug-likeness (QED) is 0.317. The standard InChI is InChI=1S/C20H21N3O5S/c1-3-27-12-11-22-17-10-9-16(28-4-2)13-18(17)29-20(22)21-19(24)14-5-7-15(8-6-14)23(25)26/h5-10,13H,3-4,11-12H2,1-2H3. The van der Waals surface area contributed by atoms with Crippen molar-refractivity contribution in [3.05, 3.63) is 62.9 Å². The topological polar surface area (TPSA) is 96.0 Å². The lowest BCUT2D eigenvalue weighted by atomic mass is 10.2. The average Bonchev–Trinajstić information content (AvgIpc) is 3.05. The van der Waals surface area contributed by atoms with E-state index in [0.29, 0.717) is 36.7 Å². The van der Waals surface area contributed by atoms with E-state index in [0.717, 1.165) is 16.0 Å². The minimum atomic E-state index is -0.505. The second-order valence-electron chi connectivity index (χ2n) is 6.02. The monoisotopic (exact) mass is 415 g/mol. The predicted octanol–water partition coefficient (Wildman–Crippen LogP) is 3.79. The number of nitro benzene ring substituents is 1. The Morgan fingerprint density at radius 2 is 1.93 bits per heavy atom. The lowest BCUT2D eigenvalue weighted by molar-refractivity contribution is -0.384. The molecule has 0 bridgehead atoms. The maximum Gasteiger partial charge on any atom is 0.279 e. The van der Waals surface area contributed by atoms with Crippen LogP contribution in [0.25, 0.3) is 10.2 Å². The second-order valence-corrected chi connectivity index (χ2v) is 7.03. The number of benzene rings is 2. The number of carbonyl (C=O) groups is 1. The lowest BCUT2D eigenvalue weighted by Crippen LogP contribution is -2.19. The van der Waals surface area contributed by atoms with Gasteiger partial charge in [-0.3, -0.25) is 14.9 Å². The summed E-state index contributed by atoms with van der Waals surface area (Å²) in [6, 6.07) is 11.2. The van der Waals surface area contributed by atoms with E-state index in [9.17, 15) is 14.9 Å². The van der Waals surface area contributed by atoms with E-state index in [2.05, 4.69) is 4.99 Å². The molecule has 3 aromatic rings. The van der Waals surface area contributed by atoms with E-state index in [-0.39, 0.29) is 5.69 Å². The molecule has 1 aromatic heterocycles. The Labute approximate surface area is 171 Å². The molecule has 0 radical (unpaired) electrons. The zero-order chi connectivity index (χ0) is 20.8. The maximum absolute atomic E-state index is 12.6. The molecule has 9 heteroatoms. The Balaban J connectivity index is 2.01. The van der Waals surface area contributed by atoms with Crippen LogP contribution in [0.5, 0.6) is 5.75 Å². The summed E-state index contributed by atoms with van der Waals surface area (Å²) in [6.45, 7) is 6.06. The Hall–Kier alpha value is -3.04. The fourth-order valence-corrected chi connectivity index (χ4v) is 3.87. The smallest absolute Gasteiger partial charge is 0.279 e. The van der Waals surface area contributed by atoms with Gasteiger partial charge in [0.05, 0.1) is 28.4 Å². The minimum absolute atomic E-state index is 0.0707. The summed E-state index contributed by atoms with van der Waals surface area (Å²) in [5.41, 5.74) is 1.16. The summed E-state index contributed by atoms with van der Waals surface area (Å²) >= 11 is 1.38. The van der Waals surface area contributed by atoms with Crippen LogP contribution in [-0.2, 0) is 11.3 Å². The highest BCUT2D eigenvalue weighted by Gasteiger charge is 2.12. The highest BCUT2D eigenvalue weighted by Crippen LogP contribution is 2.23. The molecule has 2 aromatic carbocycles. The van der Waals surface area contributed by atoms with Gasteiger partial charge in [0.15, 0.2) is 4.80 Å². The number of nitrogens with zero attached hydrogens (tertiary/aromatic N) is 3. The molecule has 0 N–H and O–H groups in total. The first kappa shape index (κ1) is 20.7. The first-order chi connectivity index (χ1) is 14.0. The number of rotatable bonds is 8. The Morgan fingerprint density at radius 1 is 1.17 bits per heavy atom. The average molecular weight is 415 g/mol. The van der Waals surface area contributed by atoms with Gasteiger partial charge in [-0.05, 0) is 44.2 Å². The number of ether oxygens (including phenoxy) is 2. The molecule has 0 saturated carbocycles. The minimum Gasteiger partial charge on any atom is -0.494 e. The molecule has 0 aliphatic carbocycles. The molecule has 3 rings (SSSR count). The molecule has 0 fully saturated rings. The van der Waals surface area contributed by atoms with Crippen molar-refractivity contribution in [3.8, 4) is 5.75 Å². The van der Waals surface area contributed by atoms with Gasteiger partial charge in [-0.15, -0.1) is 0 Å². The van der Waals surface area contributed by atoms with Crippen LogP contribution in [-0.4, -0.2) is 35.2 Å². The fraction of sp³-hybridized carbons (Fsp3) is 0.300. The largest absolute Gasteiger partial charge is 0.494 e. The van der Waals surface area contributed by atoms with Crippen LogP contribution >= 0.6 is 11.3 Å². The third kappa shape index (κ3) is 4.87. The molecule has 0 spiro atoms. The van der Waals surface area contributed by atoms with Gasteiger partial charge in [0, 0.05) is 30.8 Å². The number of amides is 1. The highest BCUT2D eigenvalue weighted by molar-refractivity contribution is 7.16. The van der Waals surface area contributed by atoms with Crippen LogP contribution in [0.15, 0.2) is 47.5 Å². The summed E-state index contributed by atoms with van der Waals surface area (Å²) in [7, 11) is 0. The number of aromatic nitrogens is 1. The van der Waals surface area contributed by atoms with Gasteiger partial charge in [-0.2, -0.15) is 4.99 Å². The Bertz CT molecular complexity index is 1090. The van der Waals surface area contributed by atoms with Crippen molar-refractivity contribution in [1.29, 1.82) is 0 Å². The molecular weight excluding hydrogens is 394 g/mol. The van der Waals surface area contributed by atoms with E-state index < -0.39 is 10.8 Å². The lowest BCUT2D eigenvalue weighted by Gasteiger charge is -2.06. The van der Waals surface area contributed by atoms with E-state index in [4.69, 9.17) is 9.47 Å². The van der Waals surface area contributed by atoms with Crippen LogP contribution in [0, 0.1) is 10.1 Å². The molecule has 29 heavy (non-hydrogen) atoms. The molecule has 1 heterocycles. The van der Waals surface area contributed by atoms with Crippen LogP contribution < -0.4 is 9.54 Å². The number of nitro groups is 1. The van der Waals surface area contributed by atoms with E-state index >= 15 is 0 Å². The fourth-order valence-electron chi connectivity index (χ4n) is 2.79. The molecule has 0 aliphatic heterocycles. The van der Waals surface area contributed by atoms with Gasteiger partial charge < -0.3 is 14.0 Å². The zero-order valence-electron chi connectivity index (χ0n) is 16.2. The Kier molecular flexibility index (Phi) is 6.73. The van der Waals surface area contributed by atoms with Crippen molar-refractivity contribution < 1.29 is 19.2 Å². The normalized spacial score (nSPS) is 11.7. The first-order valence-corrected chi connectivity index (χ1v) is 10.0. The van der Waals surface area contributed by atoms with Gasteiger partial charge in [-0.1, -0.05) is 11.3 Å². The zero-order valence-corrected chi connectivity index (χ0v) is 17.0. The summed E-state index contributed by atoms with van der Waals surface area (Å²) < 4.78 is 13.9. The SMILES string of the molecule is CCOCCn1c(=NC(=O)c2ccc([N+](=O)[O-])cc2)sc2cc(OCC)ccc21. The van der Waals surface area contributed by atoms with Gasteiger partial charge in [-0.25, -0.2) is 0 Å². The summed E-state index contributed by atoms with van der Waals surface area (Å²) in [5.74, 6) is 0.299. The van der Waals surface area contributed by atoms with E-state index in [1.165, 1.54) is 35.6 Å².